The Labute approximate surface area is 178 Å². The van der Waals surface area contributed by atoms with Crippen LogP contribution in [0, 0.1) is 5.41 Å². The first-order valence-electron chi connectivity index (χ1n) is 10.0. The number of benzene rings is 2. The Morgan fingerprint density at radius 1 is 1.10 bits per heavy atom. The topological polar surface area (TPSA) is 105 Å². The second-order valence-corrected chi connectivity index (χ2v) is 10.4. The van der Waals surface area contributed by atoms with Gasteiger partial charge in [0.25, 0.3) is 0 Å². The van der Waals surface area contributed by atoms with Crippen LogP contribution < -0.4 is 15.8 Å². The molecule has 1 aliphatic rings. The van der Waals surface area contributed by atoms with E-state index in [2.05, 4.69) is 60.6 Å². The van der Waals surface area contributed by atoms with E-state index >= 15 is 0 Å². The number of hydrogen-bond donors (Lipinski definition) is 3. The van der Waals surface area contributed by atoms with Crippen LogP contribution in [0.4, 0.5) is 10.5 Å². The lowest BCUT2D eigenvalue weighted by molar-refractivity contribution is 0.164. The smallest absolute Gasteiger partial charge is 0.319 e. The zero-order valence-corrected chi connectivity index (χ0v) is 18.5. The van der Waals surface area contributed by atoms with Gasteiger partial charge in [-0.1, -0.05) is 45.0 Å². The number of nitrogens with zero attached hydrogens (tertiary/aromatic N) is 1. The van der Waals surface area contributed by atoms with Gasteiger partial charge in [0.15, 0.2) is 0 Å². The predicted octanol–water partition coefficient (Wildman–Crippen LogP) is 2.93. The van der Waals surface area contributed by atoms with Crippen molar-refractivity contribution in [3.63, 3.8) is 0 Å². The van der Waals surface area contributed by atoms with Crippen molar-refractivity contribution in [3.8, 4) is 0 Å². The average molecular weight is 431 g/mol. The normalized spacial score (nSPS) is 15.9. The Balaban J connectivity index is 1.63. The molecule has 8 heteroatoms. The summed E-state index contributed by atoms with van der Waals surface area (Å²) in [5.74, 6) is 0. The van der Waals surface area contributed by atoms with E-state index in [0.717, 1.165) is 26.1 Å². The Hall–Kier alpha value is -2.42. The minimum absolute atomic E-state index is 0.00593. The van der Waals surface area contributed by atoms with E-state index in [1.807, 2.05) is 0 Å². The summed E-state index contributed by atoms with van der Waals surface area (Å²) in [6.45, 7) is 8.91. The molecule has 0 radical (unpaired) electrons. The molecule has 30 heavy (non-hydrogen) atoms. The van der Waals surface area contributed by atoms with E-state index < -0.39 is 10.0 Å². The van der Waals surface area contributed by atoms with Crippen LogP contribution in [0.1, 0.15) is 31.9 Å². The number of sulfonamides is 1. The number of anilines is 1. The van der Waals surface area contributed by atoms with Gasteiger partial charge in [0.05, 0.1) is 4.90 Å². The Kier molecular flexibility index (Phi) is 6.50. The predicted molar refractivity (Wildman–Crippen MR) is 119 cm³/mol. The van der Waals surface area contributed by atoms with Crippen molar-refractivity contribution >= 4 is 21.7 Å². The zero-order valence-electron chi connectivity index (χ0n) is 17.7. The van der Waals surface area contributed by atoms with Gasteiger partial charge in [-0.3, -0.25) is 4.90 Å². The van der Waals surface area contributed by atoms with Gasteiger partial charge in [-0.25, -0.2) is 18.4 Å². The summed E-state index contributed by atoms with van der Waals surface area (Å²) in [4.78, 5) is 15.0. The third-order valence-electron chi connectivity index (χ3n) is 5.44. The van der Waals surface area contributed by atoms with Crippen LogP contribution in [0.5, 0.6) is 0 Å². The minimum atomic E-state index is -3.76. The van der Waals surface area contributed by atoms with Crippen molar-refractivity contribution in [2.24, 2.45) is 10.6 Å². The summed E-state index contributed by atoms with van der Waals surface area (Å²) in [6, 6.07) is 13.9. The fourth-order valence-corrected chi connectivity index (χ4v) is 4.07. The van der Waals surface area contributed by atoms with Crippen LogP contribution in [0.15, 0.2) is 53.4 Å². The largest absolute Gasteiger partial charge is 0.333 e. The number of carbonyl (C=O) groups is 1. The van der Waals surface area contributed by atoms with Crippen molar-refractivity contribution < 1.29 is 13.2 Å². The first kappa shape index (κ1) is 22.3. The van der Waals surface area contributed by atoms with Gasteiger partial charge in [0, 0.05) is 31.4 Å². The van der Waals surface area contributed by atoms with E-state index in [1.165, 1.54) is 35.4 Å². The van der Waals surface area contributed by atoms with Gasteiger partial charge >= 0.3 is 6.03 Å². The molecule has 0 saturated heterocycles. The van der Waals surface area contributed by atoms with E-state index in [-0.39, 0.29) is 22.4 Å². The lowest BCUT2D eigenvalue weighted by Gasteiger charge is -2.37. The lowest BCUT2D eigenvalue weighted by atomic mass is 9.86. The molecule has 0 spiro atoms. The molecular formula is C22H30N4O3S. The number of amides is 2. The summed E-state index contributed by atoms with van der Waals surface area (Å²) in [5, 5.41) is 11.0. The van der Waals surface area contributed by atoms with Crippen molar-refractivity contribution in [2.75, 3.05) is 18.4 Å². The van der Waals surface area contributed by atoms with Crippen molar-refractivity contribution in [1.29, 1.82) is 0 Å². The Morgan fingerprint density at radius 3 is 2.33 bits per heavy atom. The lowest BCUT2D eigenvalue weighted by Crippen LogP contribution is -2.52. The third kappa shape index (κ3) is 5.81. The molecule has 2 aromatic carbocycles. The quantitative estimate of drug-likeness (QED) is 0.678. The molecule has 1 atom stereocenters. The summed E-state index contributed by atoms with van der Waals surface area (Å²) in [7, 11) is -3.76. The van der Waals surface area contributed by atoms with Crippen molar-refractivity contribution in [2.45, 2.75) is 44.7 Å². The first-order chi connectivity index (χ1) is 14.0. The Morgan fingerprint density at radius 2 is 1.73 bits per heavy atom. The molecule has 2 aromatic rings. The van der Waals surface area contributed by atoms with Gasteiger partial charge in [-0.15, -0.1) is 0 Å². The summed E-state index contributed by atoms with van der Waals surface area (Å²) >= 11 is 0. The average Bonchev–Trinajstić information content (AvgIpc) is 2.66. The molecular weight excluding hydrogens is 400 g/mol. The molecule has 1 heterocycles. The molecule has 0 aromatic heterocycles. The SMILES string of the molecule is CC(C)(C)C(CN1CCc2ccccc2C1)NC(=O)Nc1ccc(S(N)(=O)=O)cc1. The molecule has 1 aliphatic heterocycles. The van der Waals surface area contributed by atoms with Crippen LogP contribution in [0.2, 0.25) is 0 Å². The van der Waals surface area contributed by atoms with Crippen LogP contribution >= 0.6 is 0 Å². The number of carbonyl (C=O) groups excluding carboxylic acids is 1. The fraction of sp³-hybridized carbons (Fsp3) is 0.409. The van der Waals surface area contributed by atoms with Gasteiger partial charge in [-0.05, 0) is 47.2 Å². The molecule has 0 bridgehead atoms. The highest BCUT2D eigenvalue weighted by Crippen LogP contribution is 2.24. The van der Waals surface area contributed by atoms with Crippen LogP contribution in [0.25, 0.3) is 0 Å². The number of fused-ring (bicyclic) bond motifs is 1. The highest BCUT2D eigenvalue weighted by Gasteiger charge is 2.29. The molecule has 0 fully saturated rings. The van der Waals surface area contributed by atoms with Crippen molar-refractivity contribution in [1.82, 2.24) is 10.2 Å². The number of rotatable bonds is 5. The molecule has 3 rings (SSSR count). The van der Waals surface area contributed by atoms with E-state index in [4.69, 9.17) is 5.14 Å². The van der Waals surface area contributed by atoms with Crippen LogP contribution in [-0.4, -0.2) is 38.5 Å². The van der Waals surface area contributed by atoms with Gasteiger partial charge < -0.3 is 10.6 Å². The number of urea groups is 1. The molecule has 2 amide bonds. The van der Waals surface area contributed by atoms with Gasteiger partial charge in [0.1, 0.15) is 0 Å². The monoisotopic (exact) mass is 430 g/mol. The number of hydrogen-bond acceptors (Lipinski definition) is 4. The number of nitrogens with one attached hydrogen (secondary N) is 2. The van der Waals surface area contributed by atoms with Crippen molar-refractivity contribution in [3.05, 3.63) is 59.7 Å². The second kappa shape index (κ2) is 8.75. The van der Waals surface area contributed by atoms with Crippen LogP contribution in [-0.2, 0) is 23.0 Å². The van der Waals surface area contributed by atoms with E-state index in [9.17, 15) is 13.2 Å². The fourth-order valence-electron chi connectivity index (χ4n) is 3.56. The summed E-state index contributed by atoms with van der Waals surface area (Å²) in [6.07, 6.45) is 1.01. The molecule has 7 nitrogen and oxygen atoms in total. The molecule has 0 saturated carbocycles. The van der Waals surface area contributed by atoms with E-state index in [0.29, 0.717) is 5.69 Å². The summed E-state index contributed by atoms with van der Waals surface area (Å²) < 4.78 is 22.7. The van der Waals surface area contributed by atoms with Gasteiger partial charge in [-0.2, -0.15) is 0 Å². The molecule has 1 unspecified atom stereocenters. The zero-order chi connectivity index (χ0) is 21.9. The maximum Gasteiger partial charge on any atom is 0.319 e. The standard InChI is InChI=1S/C22H30N4O3S/c1-22(2,3)20(15-26-13-12-16-6-4-5-7-17(16)14-26)25-21(27)24-18-8-10-19(11-9-18)30(23,28)29/h4-11,20H,12-15H2,1-3H3,(H2,23,28,29)(H2,24,25,27). The first-order valence-corrected chi connectivity index (χ1v) is 11.6. The van der Waals surface area contributed by atoms with Crippen LogP contribution in [0.3, 0.4) is 0 Å². The Bertz CT molecular complexity index is 998. The molecule has 162 valence electrons. The number of nitrogens with two attached hydrogens (primary N) is 1. The molecule has 4 N–H and O–H groups in total. The number of primary sulfonamides is 1. The van der Waals surface area contributed by atoms with E-state index in [1.54, 1.807) is 0 Å². The maximum absolute atomic E-state index is 12.6. The highest BCUT2D eigenvalue weighted by molar-refractivity contribution is 7.89. The third-order valence-corrected chi connectivity index (χ3v) is 6.37. The minimum Gasteiger partial charge on any atom is -0.333 e. The maximum atomic E-state index is 12.6. The second-order valence-electron chi connectivity index (χ2n) is 8.84. The highest BCUT2D eigenvalue weighted by atomic mass is 32.2. The van der Waals surface area contributed by atoms with Gasteiger partial charge in [0.2, 0.25) is 10.0 Å². The summed E-state index contributed by atoms with van der Waals surface area (Å²) in [5.41, 5.74) is 3.11. The molecule has 0 aliphatic carbocycles.